The Morgan fingerprint density at radius 2 is 1.82 bits per heavy atom. The molecule has 0 radical (unpaired) electrons. The zero-order valence-electron chi connectivity index (χ0n) is 32.1. The average molecular weight is 764 g/mol. The van der Waals surface area contributed by atoms with Gasteiger partial charge in [-0.05, 0) is 140 Å². The van der Waals surface area contributed by atoms with Crippen molar-refractivity contribution < 1.29 is 24.2 Å². The highest BCUT2D eigenvalue weighted by Gasteiger charge is 2.54. The normalized spacial score (nSPS) is 23.3. The van der Waals surface area contributed by atoms with Gasteiger partial charge in [0.05, 0.1) is 19.6 Å². The molecule has 3 aliphatic rings. The minimum atomic E-state index is -1.09. The summed E-state index contributed by atoms with van der Waals surface area (Å²) in [4.78, 5) is 30.1. The number of aromatic nitrogens is 1. The van der Waals surface area contributed by atoms with Crippen LogP contribution in [0.15, 0.2) is 85.1 Å². The van der Waals surface area contributed by atoms with Crippen molar-refractivity contribution in [2.24, 2.45) is 11.8 Å². The van der Waals surface area contributed by atoms with E-state index in [9.17, 15) is 14.7 Å². The van der Waals surface area contributed by atoms with E-state index in [0.717, 1.165) is 61.3 Å². The van der Waals surface area contributed by atoms with Gasteiger partial charge < -0.3 is 25.2 Å². The Morgan fingerprint density at radius 1 is 1.00 bits per heavy atom. The lowest BCUT2D eigenvalue weighted by Gasteiger charge is -2.47. The van der Waals surface area contributed by atoms with Gasteiger partial charge in [0.15, 0.2) is 0 Å². The van der Waals surface area contributed by atoms with E-state index in [1.807, 2.05) is 54.7 Å². The lowest BCUT2D eigenvalue weighted by molar-refractivity contribution is -0.144. The highest BCUT2D eigenvalue weighted by Crippen LogP contribution is 2.57. The second-order valence-electron chi connectivity index (χ2n) is 16.2. The van der Waals surface area contributed by atoms with Crippen LogP contribution >= 0.6 is 11.6 Å². The van der Waals surface area contributed by atoms with Crippen molar-refractivity contribution in [3.63, 3.8) is 0 Å². The van der Waals surface area contributed by atoms with E-state index in [2.05, 4.69) is 47.7 Å². The molecule has 9 heteroatoms. The number of aliphatic carboxylic acids is 1. The number of carboxylic acid groups (broad SMARTS) is 1. The van der Waals surface area contributed by atoms with E-state index in [0.29, 0.717) is 68.2 Å². The van der Waals surface area contributed by atoms with Crippen LogP contribution < -0.4 is 20.1 Å². The number of hydrogen-bond donors (Lipinski definition) is 3. The molecule has 55 heavy (non-hydrogen) atoms. The van der Waals surface area contributed by atoms with Crippen LogP contribution in [0.2, 0.25) is 5.02 Å². The summed E-state index contributed by atoms with van der Waals surface area (Å²) in [5, 5.41) is 17.6. The summed E-state index contributed by atoms with van der Waals surface area (Å²) in [5.74, 6) is 2.04. The predicted octanol–water partition coefficient (Wildman–Crippen LogP) is 9.33. The number of ether oxygens (including phenoxy) is 2. The second kappa shape index (κ2) is 17.1. The smallest absolute Gasteiger partial charge is 0.329 e. The molecule has 0 saturated heterocycles. The molecule has 8 nitrogen and oxygen atoms in total. The van der Waals surface area contributed by atoms with Crippen molar-refractivity contribution in [1.29, 1.82) is 0 Å². The van der Waals surface area contributed by atoms with Gasteiger partial charge in [0, 0.05) is 34.7 Å². The zero-order valence-corrected chi connectivity index (χ0v) is 32.9. The van der Waals surface area contributed by atoms with E-state index < -0.39 is 11.5 Å². The number of pyridine rings is 1. The van der Waals surface area contributed by atoms with Crippen LogP contribution in [-0.2, 0) is 34.3 Å². The first-order valence-electron chi connectivity index (χ1n) is 20.1. The number of nitrogens with one attached hydrogen (secondary N) is 2. The first-order chi connectivity index (χ1) is 26.6. The fourth-order valence-electron chi connectivity index (χ4n) is 9.50. The predicted molar refractivity (Wildman–Crippen MR) is 217 cm³/mol. The third-order valence-corrected chi connectivity index (χ3v) is 12.6. The van der Waals surface area contributed by atoms with Crippen molar-refractivity contribution in [2.45, 2.75) is 101 Å². The van der Waals surface area contributed by atoms with Gasteiger partial charge in [0.1, 0.15) is 17.0 Å². The first-order valence-corrected chi connectivity index (χ1v) is 20.5. The summed E-state index contributed by atoms with van der Waals surface area (Å²) in [6.07, 6.45) is 10.7. The van der Waals surface area contributed by atoms with Crippen LogP contribution in [0.5, 0.6) is 11.5 Å². The summed E-state index contributed by atoms with van der Waals surface area (Å²) < 4.78 is 12.9. The Balaban J connectivity index is 1.05. The molecule has 4 aromatic rings. The molecule has 1 saturated carbocycles. The van der Waals surface area contributed by atoms with E-state index in [4.69, 9.17) is 21.1 Å². The lowest BCUT2D eigenvalue weighted by atomic mass is 9.59. The molecule has 7 rings (SSSR count). The molecule has 1 aromatic heterocycles. The van der Waals surface area contributed by atoms with E-state index >= 15 is 0 Å². The Bertz CT molecular complexity index is 1960. The van der Waals surface area contributed by atoms with Gasteiger partial charge in [0.2, 0.25) is 5.91 Å². The average Bonchev–Trinajstić information content (AvgIpc) is 3.46. The van der Waals surface area contributed by atoms with Gasteiger partial charge in [0.25, 0.3) is 0 Å². The van der Waals surface area contributed by atoms with E-state index in [-0.39, 0.29) is 11.3 Å². The van der Waals surface area contributed by atoms with E-state index in [1.165, 1.54) is 28.8 Å². The molecule has 1 heterocycles. The molecule has 1 amide bonds. The minimum absolute atomic E-state index is 0.00521. The van der Waals surface area contributed by atoms with Gasteiger partial charge in [-0.1, -0.05) is 67.9 Å². The van der Waals surface area contributed by atoms with Crippen LogP contribution in [0.25, 0.3) is 0 Å². The number of hydrogen-bond acceptors (Lipinski definition) is 6. The fraction of sp³-hybridized carbons (Fsp3) is 0.457. The largest absolute Gasteiger partial charge is 0.494 e. The maximum absolute atomic E-state index is 13.0. The number of nitrogens with zero attached hydrogens (tertiary/aromatic N) is 1. The van der Waals surface area contributed by atoms with Gasteiger partial charge in [-0.25, -0.2) is 4.79 Å². The Kier molecular flexibility index (Phi) is 12.0. The minimum Gasteiger partial charge on any atom is -0.494 e. The lowest BCUT2D eigenvalue weighted by Crippen LogP contribution is -2.53. The van der Waals surface area contributed by atoms with Crippen molar-refractivity contribution in [3.8, 4) is 11.5 Å². The number of benzene rings is 3. The Labute approximate surface area is 330 Å². The summed E-state index contributed by atoms with van der Waals surface area (Å²) in [5.41, 5.74) is 5.50. The van der Waals surface area contributed by atoms with Crippen molar-refractivity contribution in [2.75, 3.05) is 25.1 Å². The fourth-order valence-corrected chi connectivity index (χ4v) is 9.69. The molecule has 3 aromatic carbocycles. The molecule has 1 spiro atoms. The topological polar surface area (TPSA) is 110 Å². The first kappa shape index (κ1) is 38.7. The van der Waals surface area contributed by atoms with Crippen LogP contribution in [0.3, 0.4) is 0 Å². The molecule has 1 fully saturated rings. The van der Waals surface area contributed by atoms with Crippen LogP contribution in [0.4, 0.5) is 5.69 Å². The number of anilines is 1. The number of halogens is 1. The SMILES string of the molecule is C[C@@H](COc1ccnc2c1[C@H](C)CCC2)C[C@H]1Cc2ccc(OCCCNC(=O)Cc3ccccc3)cc2C12CCC(Nc1cccc(Cl)c1)(C(=O)O)CC2. The number of carboxylic acids is 1. The van der Waals surface area contributed by atoms with Crippen LogP contribution in [0, 0.1) is 11.8 Å². The highest BCUT2D eigenvalue weighted by atomic mass is 35.5. The summed E-state index contributed by atoms with van der Waals surface area (Å²) >= 11 is 6.30. The summed E-state index contributed by atoms with van der Waals surface area (Å²) in [7, 11) is 0. The third-order valence-electron chi connectivity index (χ3n) is 12.4. The maximum atomic E-state index is 13.0. The number of fused-ring (bicyclic) bond motifs is 3. The Morgan fingerprint density at radius 3 is 2.60 bits per heavy atom. The molecule has 0 bridgehead atoms. The number of carbonyl (C=O) groups is 2. The molecule has 290 valence electrons. The van der Waals surface area contributed by atoms with Gasteiger partial charge >= 0.3 is 5.97 Å². The Hall–Kier alpha value is -4.56. The number of rotatable bonds is 15. The number of amides is 1. The number of carbonyl (C=O) groups excluding carboxylic acids is 1. The van der Waals surface area contributed by atoms with Crippen LogP contribution in [-0.4, -0.2) is 47.3 Å². The van der Waals surface area contributed by atoms with Crippen molar-refractivity contribution >= 4 is 29.2 Å². The second-order valence-corrected chi connectivity index (χ2v) is 16.7. The zero-order chi connectivity index (χ0) is 38.4. The van der Waals surface area contributed by atoms with Gasteiger partial charge in [-0.3, -0.25) is 9.78 Å². The van der Waals surface area contributed by atoms with Crippen molar-refractivity contribution in [3.05, 3.63) is 118 Å². The molecule has 0 unspecified atom stereocenters. The third kappa shape index (κ3) is 8.80. The molecule has 3 atom stereocenters. The standard InChI is InChI=1S/C46H54ClN3O5/c1-31(30-55-41-17-23-48-40-14-6-9-32(2)43(40)41)25-35-27-34-15-16-38(54-24-8-22-49-42(51)26-33-10-4-3-5-11-33)29-39(34)45(35)18-20-46(21-19-45,44(52)53)50-37-13-7-12-36(47)28-37/h3-5,7,10-13,15-17,23,28-29,31-32,35,50H,6,8-9,14,18-22,24-27,30H2,1-2H3,(H,49,51)(H,52,53)/t31-,32-,35+,45?,46?/m1/s1. The summed E-state index contributed by atoms with van der Waals surface area (Å²) in [6, 6.07) is 25.6. The molecular weight excluding hydrogens is 710 g/mol. The van der Waals surface area contributed by atoms with Gasteiger partial charge in [-0.2, -0.15) is 0 Å². The van der Waals surface area contributed by atoms with E-state index in [1.54, 1.807) is 12.1 Å². The number of aryl methyl sites for hydroxylation is 1. The highest BCUT2D eigenvalue weighted by molar-refractivity contribution is 6.30. The van der Waals surface area contributed by atoms with Gasteiger partial charge in [-0.15, -0.1) is 0 Å². The molecule has 3 aliphatic carbocycles. The molecule has 3 N–H and O–H groups in total. The quantitative estimate of drug-likeness (QED) is 0.104. The maximum Gasteiger partial charge on any atom is 0.329 e. The monoisotopic (exact) mass is 763 g/mol. The molecular formula is C46H54ClN3O5. The van der Waals surface area contributed by atoms with Crippen LogP contribution in [0.1, 0.15) is 99.1 Å². The molecule has 0 aliphatic heterocycles. The summed E-state index contributed by atoms with van der Waals surface area (Å²) in [6.45, 7) is 6.21. The van der Waals surface area contributed by atoms with Crippen molar-refractivity contribution in [1.82, 2.24) is 10.3 Å².